The van der Waals surface area contributed by atoms with Crippen LogP contribution in [0.4, 0.5) is 0 Å². The van der Waals surface area contributed by atoms with Gasteiger partial charge in [0.1, 0.15) is 0 Å². The van der Waals surface area contributed by atoms with Gasteiger partial charge in [0.2, 0.25) is 0 Å². The van der Waals surface area contributed by atoms with E-state index in [1.807, 2.05) is 56.4 Å². The van der Waals surface area contributed by atoms with E-state index in [0.29, 0.717) is 17.0 Å². The molecule has 4 rings (SSSR count). The molecule has 3 heterocycles. The molecule has 0 N–H and O–H groups in total. The number of nitrogens with zero attached hydrogens (tertiary/aromatic N) is 4. The maximum Gasteiger partial charge on any atom is 0.332 e. The topological polar surface area (TPSA) is 61.8 Å². The Kier molecular flexibility index (Phi) is 3.88. The van der Waals surface area contributed by atoms with E-state index in [1.54, 1.807) is 23.0 Å². The number of hydrogen-bond donors (Lipinski definition) is 0. The Morgan fingerprint density at radius 3 is 2.38 bits per heavy atom. The van der Waals surface area contributed by atoms with Gasteiger partial charge in [0.05, 0.1) is 11.4 Å². The molecule has 0 unspecified atom stereocenters. The smallest absolute Gasteiger partial charge is 0.321 e. The summed E-state index contributed by atoms with van der Waals surface area (Å²) in [4.78, 5) is 32.5. The van der Waals surface area contributed by atoms with Gasteiger partial charge in [0.25, 0.3) is 5.56 Å². The summed E-state index contributed by atoms with van der Waals surface area (Å²) in [5.74, 6) is 0.697. The van der Waals surface area contributed by atoms with Crippen molar-refractivity contribution in [3.63, 3.8) is 0 Å². The Morgan fingerprint density at radius 2 is 1.73 bits per heavy atom. The summed E-state index contributed by atoms with van der Waals surface area (Å²) in [5, 5.41) is 0. The number of hydrogen-bond acceptors (Lipinski definition) is 4. The van der Waals surface area contributed by atoms with Crippen LogP contribution in [0.2, 0.25) is 0 Å². The lowest BCUT2D eigenvalue weighted by Gasteiger charge is -2.08. The van der Waals surface area contributed by atoms with E-state index < -0.39 is 0 Å². The Hall–Kier alpha value is -2.93. The molecular formula is C19H18N4O2S. The minimum Gasteiger partial charge on any atom is -0.321 e. The second-order valence-corrected chi connectivity index (χ2v) is 7.58. The summed E-state index contributed by atoms with van der Waals surface area (Å²) in [7, 11) is 3.47. The fourth-order valence-electron chi connectivity index (χ4n) is 3.12. The molecule has 0 aliphatic carbocycles. The highest BCUT2D eigenvalue weighted by Gasteiger charge is 2.20. The molecule has 7 heteroatoms. The summed E-state index contributed by atoms with van der Waals surface area (Å²) < 4.78 is 4.50. The lowest BCUT2D eigenvalue weighted by Crippen LogP contribution is -2.39. The predicted molar refractivity (Wildman–Crippen MR) is 104 cm³/mol. The quantitative estimate of drug-likeness (QED) is 0.560. The fourth-order valence-corrected chi connectivity index (χ4v) is 4.02. The standard InChI is InChI=1S/C19H18N4O2S/c1-12-9-10-14(26-12)16-20-17-15(21(16)2)18(24)23(19(25)22(17)3)11-13-7-5-4-6-8-13/h4-10H,11H2,1-3H3. The van der Waals surface area contributed by atoms with E-state index in [4.69, 9.17) is 0 Å². The monoisotopic (exact) mass is 366 g/mol. The van der Waals surface area contributed by atoms with Crippen LogP contribution in [0.3, 0.4) is 0 Å². The van der Waals surface area contributed by atoms with Crippen LogP contribution < -0.4 is 11.2 Å². The van der Waals surface area contributed by atoms with Crippen molar-refractivity contribution in [3.05, 3.63) is 73.7 Å². The minimum atomic E-state index is -0.363. The highest BCUT2D eigenvalue weighted by Crippen LogP contribution is 2.28. The van der Waals surface area contributed by atoms with Crippen molar-refractivity contribution >= 4 is 22.5 Å². The SMILES string of the molecule is Cc1ccc(-c2nc3c(c(=O)n(Cc4ccccc4)c(=O)n3C)n2C)s1. The number of aryl methyl sites for hydroxylation is 3. The van der Waals surface area contributed by atoms with E-state index in [-0.39, 0.29) is 17.8 Å². The van der Waals surface area contributed by atoms with Crippen LogP contribution >= 0.6 is 11.3 Å². The molecule has 0 saturated carbocycles. The number of benzene rings is 1. The van der Waals surface area contributed by atoms with Gasteiger partial charge in [-0.2, -0.15) is 0 Å². The van der Waals surface area contributed by atoms with Crippen LogP contribution in [0.25, 0.3) is 21.9 Å². The molecule has 0 fully saturated rings. The van der Waals surface area contributed by atoms with Crippen molar-refractivity contribution in [3.8, 4) is 10.7 Å². The zero-order valence-electron chi connectivity index (χ0n) is 14.8. The zero-order valence-corrected chi connectivity index (χ0v) is 15.6. The van der Waals surface area contributed by atoms with Crippen molar-refractivity contribution < 1.29 is 0 Å². The van der Waals surface area contributed by atoms with Crippen LogP contribution in [0, 0.1) is 6.92 Å². The molecule has 0 atom stereocenters. The Balaban J connectivity index is 1.97. The van der Waals surface area contributed by atoms with Crippen LogP contribution in [0.1, 0.15) is 10.4 Å². The van der Waals surface area contributed by atoms with E-state index >= 15 is 0 Å². The van der Waals surface area contributed by atoms with Crippen molar-refractivity contribution in [1.29, 1.82) is 0 Å². The first kappa shape index (κ1) is 16.5. The Bertz CT molecular complexity index is 1230. The molecule has 26 heavy (non-hydrogen) atoms. The summed E-state index contributed by atoms with van der Waals surface area (Å²) in [6, 6.07) is 13.5. The number of imidazole rings is 1. The van der Waals surface area contributed by atoms with E-state index in [0.717, 1.165) is 10.4 Å². The van der Waals surface area contributed by atoms with Crippen LogP contribution in [-0.4, -0.2) is 18.7 Å². The third-order valence-corrected chi connectivity index (χ3v) is 5.50. The van der Waals surface area contributed by atoms with Gasteiger partial charge in [-0.3, -0.25) is 13.9 Å². The largest absolute Gasteiger partial charge is 0.332 e. The summed E-state index contributed by atoms with van der Waals surface area (Å²) in [6.45, 7) is 2.26. The fraction of sp³-hybridized carbons (Fsp3) is 0.211. The van der Waals surface area contributed by atoms with Crippen molar-refractivity contribution in [2.75, 3.05) is 0 Å². The van der Waals surface area contributed by atoms with Gasteiger partial charge >= 0.3 is 5.69 Å². The molecule has 1 aromatic carbocycles. The van der Waals surface area contributed by atoms with Gasteiger partial charge in [-0.25, -0.2) is 9.78 Å². The molecule has 0 amide bonds. The van der Waals surface area contributed by atoms with Gasteiger partial charge < -0.3 is 4.57 Å². The molecule has 4 aromatic rings. The third kappa shape index (κ3) is 2.52. The molecule has 0 aliphatic heterocycles. The average Bonchev–Trinajstić information content (AvgIpc) is 3.21. The van der Waals surface area contributed by atoms with Crippen molar-refractivity contribution in [1.82, 2.24) is 18.7 Å². The lowest BCUT2D eigenvalue weighted by molar-refractivity contribution is 0.655. The van der Waals surface area contributed by atoms with Gasteiger partial charge in [0.15, 0.2) is 17.0 Å². The summed E-state index contributed by atoms with van der Waals surface area (Å²) >= 11 is 1.61. The summed E-state index contributed by atoms with van der Waals surface area (Å²) in [5.41, 5.74) is 1.07. The molecule has 3 aromatic heterocycles. The number of fused-ring (bicyclic) bond motifs is 1. The lowest BCUT2D eigenvalue weighted by atomic mass is 10.2. The van der Waals surface area contributed by atoms with E-state index in [1.165, 1.54) is 14.0 Å². The number of thiophene rings is 1. The first-order valence-electron chi connectivity index (χ1n) is 8.24. The Labute approximate surface area is 153 Å². The second-order valence-electron chi connectivity index (χ2n) is 6.30. The molecule has 0 bridgehead atoms. The van der Waals surface area contributed by atoms with Crippen molar-refractivity contribution in [2.24, 2.45) is 14.1 Å². The molecular weight excluding hydrogens is 348 g/mol. The predicted octanol–water partition coefficient (Wildman–Crippen LogP) is 2.52. The zero-order chi connectivity index (χ0) is 18.4. The normalized spacial score (nSPS) is 11.3. The summed E-state index contributed by atoms with van der Waals surface area (Å²) in [6.07, 6.45) is 0. The number of rotatable bonds is 3. The van der Waals surface area contributed by atoms with Gasteiger partial charge in [-0.1, -0.05) is 30.3 Å². The van der Waals surface area contributed by atoms with Crippen LogP contribution in [0.15, 0.2) is 52.1 Å². The van der Waals surface area contributed by atoms with Gasteiger partial charge in [-0.15, -0.1) is 11.3 Å². The van der Waals surface area contributed by atoms with Crippen LogP contribution in [-0.2, 0) is 20.6 Å². The van der Waals surface area contributed by atoms with Crippen LogP contribution in [0.5, 0.6) is 0 Å². The maximum atomic E-state index is 13.1. The molecule has 0 spiro atoms. The van der Waals surface area contributed by atoms with E-state index in [2.05, 4.69) is 4.98 Å². The molecule has 0 radical (unpaired) electrons. The highest BCUT2D eigenvalue weighted by molar-refractivity contribution is 7.15. The molecule has 0 aliphatic rings. The van der Waals surface area contributed by atoms with E-state index in [9.17, 15) is 9.59 Å². The molecule has 6 nitrogen and oxygen atoms in total. The first-order chi connectivity index (χ1) is 12.5. The second kappa shape index (κ2) is 6.10. The Morgan fingerprint density at radius 1 is 1.00 bits per heavy atom. The van der Waals surface area contributed by atoms with Gasteiger partial charge in [-0.05, 0) is 24.6 Å². The molecule has 0 saturated heterocycles. The third-order valence-electron chi connectivity index (χ3n) is 4.50. The van der Waals surface area contributed by atoms with Crippen molar-refractivity contribution in [2.45, 2.75) is 13.5 Å². The highest BCUT2D eigenvalue weighted by atomic mass is 32.1. The molecule has 132 valence electrons. The minimum absolute atomic E-state index is 0.237. The first-order valence-corrected chi connectivity index (χ1v) is 9.06. The average molecular weight is 366 g/mol. The number of aromatic nitrogens is 4. The van der Waals surface area contributed by atoms with Gasteiger partial charge in [0, 0.05) is 19.0 Å². The maximum absolute atomic E-state index is 13.1.